The van der Waals surface area contributed by atoms with Crippen molar-refractivity contribution in [2.75, 3.05) is 0 Å². The zero-order valence-electron chi connectivity index (χ0n) is 18.2. The average molecular weight is 427 g/mol. The van der Waals surface area contributed by atoms with E-state index >= 15 is 0 Å². The Kier molecular flexibility index (Phi) is 6.60. The lowest BCUT2D eigenvalue weighted by Crippen LogP contribution is -2.24. The van der Waals surface area contributed by atoms with Gasteiger partial charge in [-0.1, -0.05) is 48.5 Å². The van der Waals surface area contributed by atoms with Gasteiger partial charge in [0.15, 0.2) is 0 Å². The number of rotatable bonds is 8. The zero-order valence-corrected chi connectivity index (χ0v) is 18.2. The van der Waals surface area contributed by atoms with Crippen LogP contribution in [0.4, 0.5) is 0 Å². The third-order valence-electron chi connectivity index (χ3n) is 4.98. The van der Waals surface area contributed by atoms with Crippen molar-refractivity contribution in [1.82, 2.24) is 20.1 Å². The lowest BCUT2D eigenvalue weighted by atomic mass is 9.98. The molecule has 0 saturated carbocycles. The smallest absolute Gasteiger partial charge is 0.252 e. The molecule has 4 rings (SSSR count). The average Bonchev–Trinajstić information content (AvgIpc) is 3.31. The van der Waals surface area contributed by atoms with E-state index in [4.69, 9.17) is 4.74 Å². The third kappa shape index (κ3) is 5.21. The highest BCUT2D eigenvalue weighted by atomic mass is 16.5. The van der Waals surface area contributed by atoms with E-state index in [1.54, 1.807) is 12.4 Å². The maximum absolute atomic E-state index is 13.0. The number of ether oxygens (including phenoxy) is 1. The molecule has 4 aromatic rings. The van der Waals surface area contributed by atoms with Crippen LogP contribution in [0.3, 0.4) is 0 Å². The van der Waals surface area contributed by atoms with Gasteiger partial charge < -0.3 is 10.1 Å². The molecule has 1 N–H and O–H groups in total. The Balaban J connectivity index is 1.49. The fourth-order valence-corrected chi connectivity index (χ4v) is 3.46. The van der Waals surface area contributed by atoms with E-state index in [2.05, 4.69) is 27.5 Å². The van der Waals surface area contributed by atoms with E-state index < -0.39 is 0 Å². The number of hydrogen-bond acceptors (Lipinski definition) is 4. The third-order valence-corrected chi connectivity index (χ3v) is 4.98. The van der Waals surface area contributed by atoms with E-state index in [-0.39, 0.29) is 12.0 Å². The fourth-order valence-electron chi connectivity index (χ4n) is 3.46. The molecule has 0 aliphatic carbocycles. The number of nitrogens with zero attached hydrogens (tertiary/aromatic N) is 3. The summed E-state index contributed by atoms with van der Waals surface area (Å²) >= 11 is 0. The molecule has 0 aliphatic rings. The largest absolute Gasteiger partial charge is 0.475 e. The molecule has 2 aromatic carbocycles. The summed E-state index contributed by atoms with van der Waals surface area (Å²) in [6, 6.07) is 21.5. The lowest BCUT2D eigenvalue weighted by Gasteiger charge is -2.14. The second-order valence-electron chi connectivity index (χ2n) is 7.76. The van der Waals surface area contributed by atoms with Gasteiger partial charge in [0.25, 0.3) is 5.91 Å². The van der Waals surface area contributed by atoms with Crippen LogP contribution in [0, 0.1) is 0 Å². The summed E-state index contributed by atoms with van der Waals surface area (Å²) in [6.07, 6.45) is 5.41. The van der Waals surface area contributed by atoms with Crippen LogP contribution in [0.2, 0.25) is 0 Å². The molecular formula is C26H26N4O2. The van der Waals surface area contributed by atoms with Crippen molar-refractivity contribution in [3.63, 3.8) is 0 Å². The molecule has 0 fully saturated rings. The highest BCUT2D eigenvalue weighted by molar-refractivity contribution is 6.00. The van der Waals surface area contributed by atoms with Crippen LogP contribution in [0.5, 0.6) is 5.88 Å². The molecule has 0 atom stereocenters. The van der Waals surface area contributed by atoms with Crippen LogP contribution in [0.15, 0.2) is 85.3 Å². The predicted octanol–water partition coefficient (Wildman–Crippen LogP) is 4.71. The number of aromatic nitrogens is 3. The maximum atomic E-state index is 13.0. The molecule has 0 radical (unpaired) electrons. The first kappa shape index (κ1) is 21.3. The van der Waals surface area contributed by atoms with Crippen LogP contribution in [-0.2, 0) is 13.1 Å². The van der Waals surface area contributed by atoms with Gasteiger partial charge in [0.1, 0.15) is 0 Å². The van der Waals surface area contributed by atoms with Gasteiger partial charge in [-0.25, -0.2) is 4.98 Å². The fraction of sp³-hybridized carbons (Fsp3) is 0.192. The van der Waals surface area contributed by atoms with Gasteiger partial charge in [-0.3, -0.25) is 9.48 Å². The first-order chi connectivity index (χ1) is 15.6. The van der Waals surface area contributed by atoms with Crippen LogP contribution in [0.25, 0.3) is 11.1 Å². The Morgan fingerprint density at radius 2 is 1.81 bits per heavy atom. The number of benzene rings is 2. The summed E-state index contributed by atoms with van der Waals surface area (Å²) in [5.41, 5.74) is 4.50. The Morgan fingerprint density at radius 3 is 2.56 bits per heavy atom. The van der Waals surface area contributed by atoms with E-state index in [0.29, 0.717) is 24.5 Å². The SMILES string of the molecule is CC(C)Oc1ncccc1CNC(=O)c1ccccc1-c1ccc(Cn2cccn2)cc1. The monoisotopic (exact) mass is 426 g/mol. The molecule has 0 unspecified atom stereocenters. The van der Waals surface area contributed by atoms with E-state index in [1.165, 1.54) is 0 Å². The van der Waals surface area contributed by atoms with Gasteiger partial charge in [-0.15, -0.1) is 0 Å². The zero-order chi connectivity index (χ0) is 22.3. The van der Waals surface area contributed by atoms with Crippen LogP contribution in [-0.4, -0.2) is 26.8 Å². The molecule has 32 heavy (non-hydrogen) atoms. The summed E-state index contributed by atoms with van der Waals surface area (Å²) in [5, 5.41) is 7.26. The van der Waals surface area contributed by atoms with Gasteiger partial charge in [-0.2, -0.15) is 5.10 Å². The van der Waals surface area contributed by atoms with Crippen molar-refractivity contribution in [1.29, 1.82) is 0 Å². The normalized spacial score (nSPS) is 10.8. The second kappa shape index (κ2) is 9.92. The van der Waals surface area contributed by atoms with Crippen molar-refractivity contribution in [3.05, 3.63) is 102 Å². The Bertz CT molecular complexity index is 1170. The highest BCUT2D eigenvalue weighted by Crippen LogP contribution is 2.25. The summed E-state index contributed by atoms with van der Waals surface area (Å²) in [4.78, 5) is 17.3. The van der Waals surface area contributed by atoms with Crippen LogP contribution >= 0.6 is 0 Å². The first-order valence-corrected chi connectivity index (χ1v) is 10.6. The Morgan fingerprint density at radius 1 is 1.00 bits per heavy atom. The van der Waals surface area contributed by atoms with E-state index in [1.807, 2.05) is 79.3 Å². The molecular weight excluding hydrogens is 400 g/mol. The number of carbonyl (C=O) groups excluding carboxylic acids is 1. The maximum Gasteiger partial charge on any atom is 0.252 e. The van der Waals surface area contributed by atoms with Crippen LogP contribution < -0.4 is 10.1 Å². The number of amides is 1. The molecule has 0 bridgehead atoms. The van der Waals surface area contributed by atoms with E-state index in [9.17, 15) is 4.79 Å². The molecule has 0 spiro atoms. The molecule has 162 valence electrons. The highest BCUT2D eigenvalue weighted by Gasteiger charge is 2.14. The van der Waals surface area contributed by atoms with Crippen LogP contribution in [0.1, 0.15) is 35.3 Å². The van der Waals surface area contributed by atoms with Gasteiger partial charge in [0, 0.05) is 36.3 Å². The quantitative estimate of drug-likeness (QED) is 0.443. The second-order valence-corrected chi connectivity index (χ2v) is 7.76. The molecule has 0 aliphatic heterocycles. The van der Waals surface area contributed by atoms with Gasteiger partial charge >= 0.3 is 0 Å². The van der Waals surface area contributed by atoms with Crippen molar-refractivity contribution < 1.29 is 9.53 Å². The minimum absolute atomic E-state index is 0.0105. The standard InChI is InChI=1S/C26H26N4O2/c1-19(2)32-26-22(7-5-14-27-26)17-28-25(31)24-9-4-3-8-23(24)21-12-10-20(11-13-21)18-30-16-6-15-29-30/h3-16,19H,17-18H2,1-2H3,(H,28,31). The number of carbonyl (C=O) groups is 1. The summed E-state index contributed by atoms with van der Waals surface area (Å²) in [6.45, 7) is 4.95. The van der Waals surface area contributed by atoms with Gasteiger partial charge in [-0.05, 0) is 48.7 Å². The first-order valence-electron chi connectivity index (χ1n) is 10.6. The summed E-state index contributed by atoms with van der Waals surface area (Å²) in [7, 11) is 0. The Labute approximate surface area is 187 Å². The number of pyridine rings is 1. The molecule has 6 nitrogen and oxygen atoms in total. The molecule has 2 heterocycles. The van der Waals surface area contributed by atoms with Crippen molar-refractivity contribution in [3.8, 4) is 17.0 Å². The lowest BCUT2D eigenvalue weighted by molar-refractivity contribution is 0.0951. The number of nitrogens with one attached hydrogen (secondary N) is 1. The van der Waals surface area contributed by atoms with Crippen molar-refractivity contribution >= 4 is 5.91 Å². The molecule has 6 heteroatoms. The predicted molar refractivity (Wildman–Crippen MR) is 124 cm³/mol. The summed E-state index contributed by atoms with van der Waals surface area (Å²) < 4.78 is 7.64. The minimum Gasteiger partial charge on any atom is -0.475 e. The van der Waals surface area contributed by atoms with Gasteiger partial charge in [0.05, 0.1) is 12.6 Å². The molecule has 2 aromatic heterocycles. The molecule has 0 saturated heterocycles. The van der Waals surface area contributed by atoms with Crippen molar-refractivity contribution in [2.24, 2.45) is 0 Å². The molecule has 1 amide bonds. The topological polar surface area (TPSA) is 69.0 Å². The summed E-state index contributed by atoms with van der Waals surface area (Å²) in [5.74, 6) is 0.407. The Hall–Kier alpha value is -3.93. The number of hydrogen-bond donors (Lipinski definition) is 1. The van der Waals surface area contributed by atoms with Crippen molar-refractivity contribution in [2.45, 2.75) is 33.0 Å². The van der Waals surface area contributed by atoms with E-state index in [0.717, 1.165) is 22.3 Å². The minimum atomic E-state index is -0.138. The van der Waals surface area contributed by atoms with Gasteiger partial charge in [0.2, 0.25) is 5.88 Å².